The van der Waals surface area contributed by atoms with E-state index >= 15 is 0 Å². The van der Waals surface area contributed by atoms with Crippen LogP contribution in [0.4, 0.5) is 10.5 Å². The highest BCUT2D eigenvalue weighted by Crippen LogP contribution is 2.25. The van der Waals surface area contributed by atoms with Crippen LogP contribution in [0.5, 0.6) is 5.75 Å². The van der Waals surface area contributed by atoms with Crippen LogP contribution < -0.4 is 10.1 Å². The Morgan fingerprint density at radius 2 is 1.56 bits per heavy atom. The van der Waals surface area contributed by atoms with Gasteiger partial charge in [-0.15, -0.1) is 0 Å². The molecule has 3 aromatic carbocycles. The fourth-order valence-electron chi connectivity index (χ4n) is 2.59. The van der Waals surface area contributed by atoms with Crippen LogP contribution in [0.2, 0.25) is 0 Å². The quantitative estimate of drug-likeness (QED) is 0.648. The molecule has 0 radical (unpaired) electrons. The second-order valence-electron chi connectivity index (χ2n) is 5.80. The van der Waals surface area contributed by atoms with Crippen LogP contribution in [0, 0.1) is 0 Å². The Kier molecular flexibility index (Phi) is 5.84. The van der Waals surface area contributed by atoms with Gasteiger partial charge in [0.2, 0.25) is 0 Å². The summed E-state index contributed by atoms with van der Waals surface area (Å²) in [7, 11) is 1.50. The topological polar surface area (TPSA) is 64.6 Å². The molecule has 0 unspecified atom stereocenters. The summed E-state index contributed by atoms with van der Waals surface area (Å²) in [6.07, 6.45) is -0.595. The zero-order valence-corrected chi connectivity index (χ0v) is 14.8. The van der Waals surface area contributed by atoms with Gasteiger partial charge in [-0.2, -0.15) is 0 Å². The predicted molar refractivity (Wildman–Crippen MR) is 103 cm³/mol. The van der Waals surface area contributed by atoms with Gasteiger partial charge in [0, 0.05) is 11.3 Å². The number of benzene rings is 3. The molecule has 3 rings (SSSR count). The smallest absolute Gasteiger partial charge is 0.411 e. The van der Waals surface area contributed by atoms with Crippen molar-refractivity contribution in [3.05, 3.63) is 95.6 Å². The maximum absolute atomic E-state index is 12.8. The molecular weight excluding hydrogens is 342 g/mol. The molecule has 0 heterocycles. The minimum atomic E-state index is -0.595. The second kappa shape index (κ2) is 8.67. The largest absolute Gasteiger partial charge is 0.496 e. The van der Waals surface area contributed by atoms with Crippen molar-refractivity contribution in [3.63, 3.8) is 0 Å². The number of hydrogen-bond acceptors (Lipinski definition) is 4. The lowest BCUT2D eigenvalue weighted by Gasteiger charge is -2.11. The molecule has 27 heavy (non-hydrogen) atoms. The van der Waals surface area contributed by atoms with Crippen molar-refractivity contribution in [2.75, 3.05) is 12.4 Å². The lowest BCUT2D eigenvalue weighted by atomic mass is 10.0. The minimum Gasteiger partial charge on any atom is -0.496 e. The van der Waals surface area contributed by atoms with Gasteiger partial charge in [-0.05, 0) is 23.8 Å². The zero-order valence-electron chi connectivity index (χ0n) is 14.8. The molecule has 136 valence electrons. The molecule has 0 fully saturated rings. The van der Waals surface area contributed by atoms with Gasteiger partial charge in [0.25, 0.3) is 0 Å². The fourth-order valence-corrected chi connectivity index (χ4v) is 2.59. The van der Waals surface area contributed by atoms with Gasteiger partial charge in [-0.25, -0.2) is 4.79 Å². The van der Waals surface area contributed by atoms with Crippen LogP contribution in [-0.2, 0) is 11.3 Å². The molecule has 0 saturated heterocycles. The highest BCUT2D eigenvalue weighted by atomic mass is 16.5. The first-order valence-electron chi connectivity index (χ1n) is 8.43. The number of hydrogen-bond donors (Lipinski definition) is 1. The van der Waals surface area contributed by atoms with Gasteiger partial charge in [-0.1, -0.05) is 60.7 Å². The van der Waals surface area contributed by atoms with E-state index in [0.29, 0.717) is 22.6 Å². The molecule has 0 aromatic heterocycles. The van der Waals surface area contributed by atoms with Crippen molar-refractivity contribution < 1.29 is 19.1 Å². The van der Waals surface area contributed by atoms with Crippen molar-refractivity contribution in [1.82, 2.24) is 0 Å². The Morgan fingerprint density at radius 1 is 0.889 bits per heavy atom. The molecule has 0 aliphatic rings. The van der Waals surface area contributed by atoms with E-state index in [2.05, 4.69) is 5.32 Å². The third-order valence-corrected chi connectivity index (χ3v) is 3.94. The first-order valence-corrected chi connectivity index (χ1v) is 8.43. The molecule has 5 nitrogen and oxygen atoms in total. The molecular formula is C22H19NO4. The van der Waals surface area contributed by atoms with Gasteiger partial charge in [0.15, 0.2) is 5.78 Å². The number of nitrogens with one attached hydrogen (secondary N) is 1. The third kappa shape index (κ3) is 4.73. The normalized spacial score (nSPS) is 10.1. The number of carbonyl (C=O) groups is 2. The molecule has 0 atom stereocenters. The molecule has 5 heteroatoms. The number of carbonyl (C=O) groups excluding carboxylic acids is 2. The van der Waals surface area contributed by atoms with Gasteiger partial charge in [0.05, 0.1) is 12.7 Å². The second-order valence-corrected chi connectivity index (χ2v) is 5.80. The zero-order chi connectivity index (χ0) is 19.1. The van der Waals surface area contributed by atoms with Crippen LogP contribution >= 0.6 is 0 Å². The summed E-state index contributed by atoms with van der Waals surface area (Å²) in [4.78, 5) is 24.8. The van der Waals surface area contributed by atoms with Crippen molar-refractivity contribution in [2.24, 2.45) is 0 Å². The maximum Gasteiger partial charge on any atom is 0.411 e. The lowest BCUT2D eigenvalue weighted by molar-refractivity contribution is 0.103. The molecule has 1 N–H and O–H groups in total. The van der Waals surface area contributed by atoms with E-state index in [-0.39, 0.29) is 12.4 Å². The number of ketones is 1. The van der Waals surface area contributed by atoms with Gasteiger partial charge in [-0.3, -0.25) is 10.1 Å². The van der Waals surface area contributed by atoms with Crippen LogP contribution in [0.25, 0.3) is 0 Å². The maximum atomic E-state index is 12.8. The first kappa shape index (κ1) is 18.2. The fraction of sp³-hybridized carbons (Fsp3) is 0.0909. The van der Waals surface area contributed by atoms with E-state index in [4.69, 9.17) is 9.47 Å². The molecule has 0 bridgehead atoms. The molecule has 3 aromatic rings. The Morgan fingerprint density at radius 3 is 2.22 bits per heavy atom. The molecule has 0 aliphatic carbocycles. The molecule has 0 saturated carbocycles. The first-order chi connectivity index (χ1) is 13.2. The van der Waals surface area contributed by atoms with E-state index in [9.17, 15) is 9.59 Å². The van der Waals surface area contributed by atoms with Crippen LogP contribution in [-0.4, -0.2) is 19.0 Å². The van der Waals surface area contributed by atoms with Crippen molar-refractivity contribution in [3.8, 4) is 5.75 Å². The third-order valence-electron chi connectivity index (χ3n) is 3.94. The summed E-state index contributed by atoms with van der Waals surface area (Å²) in [5.74, 6) is 0.251. The number of methoxy groups -OCH3 is 1. The molecule has 0 aliphatic heterocycles. The monoisotopic (exact) mass is 361 g/mol. The lowest BCUT2D eigenvalue weighted by Crippen LogP contribution is -2.14. The van der Waals surface area contributed by atoms with E-state index in [1.54, 1.807) is 42.5 Å². The SMILES string of the molecule is COc1ccc(NC(=O)OCc2ccccc2)cc1C(=O)c1ccccc1. The molecule has 0 spiro atoms. The Hall–Kier alpha value is -3.60. The summed E-state index contributed by atoms with van der Waals surface area (Å²) >= 11 is 0. The van der Waals surface area contributed by atoms with Crippen LogP contribution in [0.15, 0.2) is 78.9 Å². The van der Waals surface area contributed by atoms with Crippen molar-refractivity contribution in [2.45, 2.75) is 6.61 Å². The number of ether oxygens (including phenoxy) is 2. The van der Waals surface area contributed by atoms with E-state index in [0.717, 1.165) is 5.56 Å². The van der Waals surface area contributed by atoms with E-state index in [1.165, 1.54) is 7.11 Å². The summed E-state index contributed by atoms with van der Waals surface area (Å²) in [5, 5.41) is 2.64. The highest BCUT2D eigenvalue weighted by molar-refractivity contribution is 6.11. The van der Waals surface area contributed by atoms with Crippen LogP contribution in [0.3, 0.4) is 0 Å². The van der Waals surface area contributed by atoms with E-state index in [1.807, 2.05) is 36.4 Å². The average Bonchev–Trinajstić information content (AvgIpc) is 2.73. The van der Waals surface area contributed by atoms with E-state index < -0.39 is 6.09 Å². The summed E-state index contributed by atoms with van der Waals surface area (Å²) < 4.78 is 10.5. The Bertz CT molecular complexity index is 924. The number of rotatable bonds is 6. The van der Waals surface area contributed by atoms with Gasteiger partial charge >= 0.3 is 6.09 Å². The number of anilines is 1. The summed E-state index contributed by atoms with van der Waals surface area (Å²) in [6, 6.07) is 23.2. The molecule has 1 amide bonds. The van der Waals surface area contributed by atoms with Gasteiger partial charge < -0.3 is 9.47 Å². The number of amides is 1. The average molecular weight is 361 g/mol. The van der Waals surface area contributed by atoms with Crippen molar-refractivity contribution >= 4 is 17.6 Å². The predicted octanol–water partition coefficient (Wildman–Crippen LogP) is 4.67. The van der Waals surface area contributed by atoms with Gasteiger partial charge in [0.1, 0.15) is 12.4 Å². The van der Waals surface area contributed by atoms with Crippen LogP contribution in [0.1, 0.15) is 21.5 Å². The standard InChI is InChI=1S/C22H19NO4/c1-26-20-13-12-18(14-19(20)21(24)17-10-6-3-7-11-17)23-22(25)27-15-16-8-4-2-5-9-16/h2-14H,15H2,1H3,(H,23,25). The minimum absolute atomic E-state index is 0.165. The summed E-state index contributed by atoms with van der Waals surface area (Å²) in [5.41, 5.74) is 2.25. The Balaban J connectivity index is 1.73. The summed E-state index contributed by atoms with van der Waals surface area (Å²) in [6.45, 7) is 0.165. The Labute approximate surface area is 157 Å². The highest BCUT2D eigenvalue weighted by Gasteiger charge is 2.16. The van der Waals surface area contributed by atoms with Crippen molar-refractivity contribution in [1.29, 1.82) is 0 Å².